The number of hydrogen-bond donors (Lipinski definition) is 2. The van der Waals surface area contributed by atoms with Gasteiger partial charge in [-0.15, -0.1) is 9.89 Å². The van der Waals surface area contributed by atoms with Crippen molar-refractivity contribution in [3.63, 3.8) is 0 Å². The van der Waals surface area contributed by atoms with E-state index >= 15 is 0 Å². The predicted molar refractivity (Wildman–Crippen MR) is 87.6 cm³/mol. The van der Waals surface area contributed by atoms with Crippen LogP contribution in [0.15, 0.2) is 54.6 Å². The van der Waals surface area contributed by atoms with Crippen LogP contribution in [0.1, 0.15) is 20.8 Å². The SMILES string of the molecule is O=C(Nn1nnc(-c2ccccc2)c1C(=O)O)c1ccc(Cl)cc1. The summed E-state index contributed by atoms with van der Waals surface area (Å²) >= 11 is 5.78. The molecule has 0 fully saturated rings. The number of carboxylic acid groups (broad SMARTS) is 1. The van der Waals surface area contributed by atoms with Crippen LogP contribution in [0.2, 0.25) is 5.02 Å². The first kappa shape index (κ1) is 15.7. The third-order valence-electron chi connectivity index (χ3n) is 3.23. The van der Waals surface area contributed by atoms with E-state index in [0.29, 0.717) is 16.1 Å². The first-order valence-electron chi connectivity index (χ1n) is 6.87. The molecule has 24 heavy (non-hydrogen) atoms. The van der Waals surface area contributed by atoms with E-state index in [2.05, 4.69) is 15.7 Å². The lowest BCUT2D eigenvalue weighted by atomic mass is 10.1. The number of rotatable bonds is 4. The summed E-state index contributed by atoms with van der Waals surface area (Å²) in [6, 6.07) is 14.9. The molecule has 0 aliphatic rings. The Bertz CT molecular complexity index is 891. The molecule has 2 aromatic carbocycles. The number of nitrogens with one attached hydrogen (secondary N) is 1. The Hall–Kier alpha value is -3.19. The number of carboxylic acids is 1. The van der Waals surface area contributed by atoms with Crippen molar-refractivity contribution < 1.29 is 14.7 Å². The summed E-state index contributed by atoms with van der Waals surface area (Å²) in [4.78, 5) is 24.6. The molecule has 1 heterocycles. The number of benzene rings is 2. The maximum absolute atomic E-state index is 12.2. The number of halogens is 1. The molecule has 3 aromatic rings. The van der Waals surface area contributed by atoms with Crippen LogP contribution in [0, 0.1) is 0 Å². The van der Waals surface area contributed by atoms with Crippen molar-refractivity contribution in [2.75, 3.05) is 5.43 Å². The summed E-state index contributed by atoms with van der Waals surface area (Å²) in [5, 5.41) is 17.5. The molecule has 0 spiro atoms. The first-order chi connectivity index (χ1) is 11.6. The van der Waals surface area contributed by atoms with Crippen LogP contribution in [-0.2, 0) is 0 Å². The largest absolute Gasteiger partial charge is 0.476 e. The molecule has 8 heteroatoms. The molecule has 120 valence electrons. The topological polar surface area (TPSA) is 97.1 Å². The van der Waals surface area contributed by atoms with E-state index < -0.39 is 11.9 Å². The molecule has 0 aliphatic carbocycles. The fourth-order valence-corrected chi connectivity index (χ4v) is 2.23. The minimum atomic E-state index is -1.25. The molecule has 1 aromatic heterocycles. The minimum absolute atomic E-state index is 0.166. The summed E-state index contributed by atoms with van der Waals surface area (Å²) < 4.78 is 0. The second-order valence-corrected chi connectivity index (χ2v) is 5.25. The van der Waals surface area contributed by atoms with Gasteiger partial charge in [0, 0.05) is 16.1 Å². The van der Waals surface area contributed by atoms with Gasteiger partial charge in [-0.3, -0.25) is 4.79 Å². The highest BCUT2D eigenvalue weighted by Gasteiger charge is 2.22. The van der Waals surface area contributed by atoms with Crippen LogP contribution in [0.25, 0.3) is 11.3 Å². The van der Waals surface area contributed by atoms with Crippen molar-refractivity contribution in [3.8, 4) is 11.3 Å². The highest BCUT2D eigenvalue weighted by molar-refractivity contribution is 6.30. The van der Waals surface area contributed by atoms with Crippen LogP contribution < -0.4 is 5.43 Å². The molecular weight excluding hydrogens is 332 g/mol. The Morgan fingerprint density at radius 1 is 1.04 bits per heavy atom. The summed E-state index contributed by atoms with van der Waals surface area (Å²) in [6.07, 6.45) is 0. The van der Waals surface area contributed by atoms with E-state index in [-0.39, 0.29) is 11.4 Å². The average Bonchev–Trinajstić information content (AvgIpc) is 3.00. The van der Waals surface area contributed by atoms with E-state index in [0.717, 1.165) is 4.79 Å². The number of hydrogen-bond acceptors (Lipinski definition) is 4. The second kappa shape index (κ2) is 6.51. The van der Waals surface area contributed by atoms with Gasteiger partial charge in [-0.1, -0.05) is 41.9 Å². The van der Waals surface area contributed by atoms with Gasteiger partial charge >= 0.3 is 5.97 Å². The Morgan fingerprint density at radius 2 is 1.71 bits per heavy atom. The van der Waals surface area contributed by atoms with Gasteiger partial charge in [0.2, 0.25) is 0 Å². The molecule has 0 bridgehead atoms. The molecule has 3 rings (SSSR count). The van der Waals surface area contributed by atoms with Crippen molar-refractivity contribution in [2.45, 2.75) is 0 Å². The Kier molecular flexibility index (Phi) is 4.26. The smallest absolute Gasteiger partial charge is 0.358 e. The van der Waals surface area contributed by atoms with Crippen molar-refractivity contribution >= 4 is 23.5 Å². The number of nitrogens with zero attached hydrogens (tertiary/aromatic N) is 3. The Morgan fingerprint density at radius 3 is 2.33 bits per heavy atom. The molecule has 0 saturated carbocycles. The molecule has 0 unspecified atom stereocenters. The van der Waals surface area contributed by atoms with Gasteiger partial charge in [-0.05, 0) is 29.5 Å². The average molecular weight is 343 g/mol. The highest BCUT2D eigenvalue weighted by Crippen LogP contribution is 2.20. The zero-order valence-electron chi connectivity index (χ0n) is 12.2. The van der Waals surface area contributed by atoms with Gasteiger partial charge in [0.05, 0.1) is 0 Å². The van der Waals surface area contributed by atoms with Crippen LogP contribution in [0.5, 0.6) is 0 Å². The first-order valence-corrected chi connectivity index (χ1v) is 7.25. The lowest BCUT2D eigenvalue weighted by Crippen LogP contribution is -2.27. The minimum Gasteiger partial charge on any atom is -0.476 e. The van der Waals surface area contributed by atoms with Gasteiger partial charge in [0.15, 0.2) is 5.69 Å². The monoisotopic (exact) mass is 342 g/mol. The van der Waals surface area contributed by atoms with Crippen LogP contribution in [-0.4, -0.2) is 32.1 Å². The molecular formula is C16H11ClN4O3. The van der Waals surface area contributed by atoms with Crippen molar-refractivity contribution in [3.05, 3.63) is 70.9 Å². The molecule has 0 radical (unpaired) electrons. The number of carbonyl (C=O) groups is 2. The van der Waals surface area contributed by atoms with Gasteiger partial charge in [-0.25, -0.2) is 10.2 Å². The molecule has 1 amide bonds. The predicted octanol–water partition coefficient (Wildman–Crippen LogP) is 2.68. The zero-order valence-corrected chi connectivity index (χ0v) is 12.9. The van der Waals surface area contributed by atoms with E-state index in [1.54, 1.807) is 42.5 Å². The van der Waals surface area contributed by atoms with E-state index in [1.807, 2.05) is 0 Å². The summed E-state index contributed by atoms with van der Waals surface area (Å²) in [6.45, 7) is 0. The number of aromatic carboxylic acids is 1. The van der Waals surface area contributed by atoms with E-state index in [1.165, 1.54) is 12.1 Å². The van der Waals surface area contributed by atoms with Gasteiger partial charge in [0.25, 0.3) is 5.91 Å². The molecule has 0 atom stereocenters. The van der Waals surface area contributed by atoms with Gasteiger partial charge < -0.3 is 5.11 Å². The lowest BCUT2D eigenvalue weighted by Gasteiger charge is -2.06. The molecule has 0 aliphatic heterocycles. The molecule has 0 saturated heterocycles. The van der Waals surface area contributed by atoms with Crippen molar-refractivity contribution in [1.29, 1.82) is 0 Å². The number of amides is 1. The van der Waals surface area contributed by atoms with Crippen LogP contribution in [0.3, 0.4) is 0 Å². The number of carbonyl (C=O) groups excluding carboxylic acids is 1. The molecule has 7 nitrogen and oxygen atoms in total. The zero-order chi connectivity index (χ0) is 17.1. The normalized spacial score (nSPS) is 10.4. The molecule has 2 N–H and O–H groups in total. The van der Waals surface area contributed by atoms with Crippen LogP contribution >= 0.6 is 11.6 Å². The Balaban J connectivity index is 1.94. The number of aromatic nitrogens is 3. The quantitative estimate of drug-likeness (QED) is 0.759. The van der Waals surface area contributed by atoms with Gasteiger partial charge in [-0.2, -0.15) is 0 Å². The fraction of sp³-hybridized carbons (Fsp3) is 0. The summed E-state index contributed by atoms with van der Waals surface area (Å²) in [7, 11) is 0. The van der Waals surface area contributed by atoms with Crippen molar-refractivity contribution in [2.24, 2.45) is 0 Å². The fourth-order valence-electron chi connectivity index (χ4n) is 2.10. The summed E-state index contributed by atoms with van der Waals surface area (Å²) in [5.74, 6) is -1.78. The maximum atomic E-state index is 12.2. The third kappa shape index (κ3) is 3.11. The third-order valence-corrected chi connectivity index (χ3v) is 3.49. The standard InChI is InChI=1S/C16H11ClN4O3/c17-12-8-6-11(7-9-12)15(22)19-21-14(16(23)24)13(18-20-21)10-4-2-1-3-5-10/h1-9H,(H,19,22)(H,23,24). The van der Waals surface area contributed by atoms with Gasteiger partial charge in [0.1, 0.15) is 5.69 Å². The Labute approximate surface area is 141 Å². The maximum Gasteiger partial charge on any atom is 0.358 e. The van der Waals surface area contributed by atoms with E-state index in [9.17, 15) is 14.7 Å². The van der Waals surface area contributed by atoms with Crippen LogP contribution in [0.4, 0.5) is 0 Å². The lowest BCUT2D eigenvalue weighted by molar-refractivity contribution is 0.0686. The summed E-state index contributed by atoms with van der Waals surface area (Å²) in [5.41, 5.74) is 3.23. The van der Waals surface area contributed by atoms with Crippen molar-refractivity contribution in [1.82, 2.24) is 15.1 Å². The van der Waals surface area contributed by atoms with E-state index in [4.69, 9.17) is 11.6 Å². The second-order valence-electron chi connectivity index (χ2n) is 4.82. The highest BCUT2D eigenvalue weighted by atomic mass is 35.5.